The Labute approximate surface area is 287 Å². The maximum absolute atomic E-state index is 13.9. The zero-order valence-electron chi connectivity index (χ0n) is 28.1. The maximum Gasteiger partial charge on any atom is 0.338 e. The molecule has 1 heterocycles. The minimum atomic E-state index is -0.796. The van der Waals surface area contributed by atoms with Gasteiger partial charge in [0.2, 0.25) is 5.91 Å². The number of rotatable bonds is 17. The monoisotopic (exact) mass is 677 g/mol. The molecule has 256 valence electrons. The number of carbonyl (C=O) groups excluding carboxylic acids is 3. The molecule has 1 fully saturated rings. The van der Waals surface area contributed by atoms with E-state index in [0.717, 1.165) is 11.1 Å². The Kier molecular flexibility index (Phi) is 13.0. The van der Waals surface area contributed by atoms with Gasteiger partial charge in [0.25, 0.3) is 5.91 Å². The van der Waals surface area contributed by atoms with Crippen LogP contribution in [0.15, 0.2) is 60.7 Å². The van der Waals surface area contributed by atoms with Gasteiger partial charge in [-0.1, -0.05) is 12.1 Å². The lowest BCUT2D eigenvalue weighted by atomic mass is 10.1. The summed E-state index contributed by atoms with van der Waals surface area (Å²) < 4.78 is 27.3. The first-order valence-corrected chi connectivity index (χ1v) is 16.4. The van der Waals surface area contributed by atoms with Gasteiger partial charge < -0.3 is 33.9 Å². The van der Waals surface area contributed by atoms with Crippen molar-refractivity contribution in [1.29, 1.82) is 0 Å². The zero-order chi connectivity index (χ0) is 34.6. The summed E-state index contributed by atoms with van der Waals surface area (Å²) in [6, 6.07) is 17.0. The zero-order valence-corrected chi connectivity index (χ0v) is 28.9. The Hall–Kier alpha value is -4.84. The number of anilines is 1. The SMILES string of the molecule is CCOC(=O)c1ccc(NC(=O)CC2C(=O)N(CCc3ccc(OCC)c(OCC)c3)C(=S)N2CCc2ccc(OC)c(OC)c2)cc1. The number of hydrogen-bond donors (Lipinski definition) is 1. The van der Waals surface area contributed by atoms with Gasteiger partial charge >= 0.3 is 5.97 Å². The standard InChI is InChI=1S/C36H43N3O8S/c1-6-45-30-16-10-25(22-32(30)46-7-2)18-20-39-34(41)28(23-33(40)37-27-13-11-26(12-14-27)35(42)47-8-3)38(36(39)48)19-17-24-9-15-29(43-4)31(21-24)44-5/h9-16,21-22,28H,6-8,17-20,23H2,1-5H3,(H,37,40). The molecule has 1 N–H and O–H groups in total. The molecule has 11 nitrogen and oxygen atoms in total. The van der Waals surface area contributed by atoms with Crippen LogP contribution in [0, 0.1) is 0 Å². The molecule has 0 radical (unpaired) electrons. The lowest BCUT2D eigenvalue weighted by molar-refractivity contribution is -0.130. The molecule has 3 aromatic carbocycles. The lowest BCUT2D eigenvalue weighted by Crippen LogP contribution is -2.39. The minimum Gasteiger partial charge on any atom is -0.493 e. The number of ether oxygens (including phenoxy) is 5. The van der Waals surface area contributed by atoms with Crippen LogP contribution < -0.4 is 24.3 Å². The van der Waals surface area contributed by atoms with Crippen molar-refractivity contribution in [2.45, 2.75) is 46.1 Å². The van der Waals surface area contributed by atoms with Crippen LogP contribution in [0.2, 0.25) is 0 Å². The summed E-state index contributed by atoms with van der Waals surface area (Å²) in [4.78, 5) is 42.6. The van der Waals surface area contributed by atoms with E-state index in [1.54, 1.807) is 50.3 Å². The molecule has 3 aromatic rings. The molecule has 4 rings (SSSR count). The third kappa shape index (κ3) is 8.94. The number of esters is 1. The fourth-order valence-electron chi connectivity index (χ4n) is 5.42. The molecule has 1 saturated heterocycles. The molecule has 0 aliphatic carbocycles. The molecule has 48 heavy (non-hydrogen) atoms. The first kappa shape index (κ1) is 36.0. The molecule has 1 aliphatic heterocycles. The van der Waals surface area contributed by atoms with Gasteiger partial charge in [0.05, 0.1) is 46.0 Å². The third-order valence-corrected chi connectivity index (χ3v) is 8.24. The van der Waals surface area contributed by atoms with Crippen molar-refractivity contribution >= 4 is 40.8 Å². The summed E-state index contributed by atoms with van der Waals surface area (Å²) in [7, 11) is 3.16. The van der Waals surface area contributed by atoms with Crippen molar-refractivity contribution in [3.63, 3.8) is 0 Å². The van der Waals surface area contributed by atoms with Crippen molar-refractivity contribution in [3.8, 4) is 23.0 Å². The Morgan fingerprint density at radius 1 is 0.771 bits per heavy atom. The fraction of sp³-hybridized carbons (Fsp3) is 0.389. The van der Waals surface area contributed by atoms with E-state index in [-0.39, 0.29) is 24.8 Å². The smallest absolute Gasteiger partial charge is 0.338 e. The number of hydrogen-bond acceptors (Lipinski definition) is 9. The number of benzene rings is 3. The fourth-order valence-corrected chi connectivity index (χ4v) is 5.82. The molecule has 12 heteroatoms. The number of carbonyl (C=O) groups is 3. The average Bonchev–Trinajstić information content (AvgIpc) is 3.30. The number of methoxy groups -OCH3 is 2. The predicted octanol–water partition coefficient (Wildman–Crippen LogP) is 5.29. The highest BCUT2D eigenvalue weighted by molar-refractivity contribution is 7.80. The second-order valence-electron chi connectivity index (χ2n) is 10.9. The topological polar surface area (TPSA) is 116 Å². The van der Waals surface area contributed by atoms with E-state index < -0.39 is 12.0 Å². The van der Waals surface area contributed by atoms with Crippen molar-refractivity contribution in [1.82, 2.24) is 9.80 Å². The van der Waals surface area contributed by atoms with E-state index in [0.29, 0.717) is 78.5 Å². The molecule has 0 spiro atoms. The highest BCUT2D eigenvalue weighted by Crippen LogP contribution is 2.31. The highest BCUT2D eigenvalue weighted by Gasteiger charge is 2.42. The summed E-state index contributed by atoms with van der Waals surface area (Å²) in [5.74, 6) is 1.49. The van der Waals surface area contributed by atoms with Gasteiger partial charge in [-0.25, -0.2) is 4.79 Å². The molecule has 1 unspecified atom stereocenters. The number of nitrogens with one attached hydrogen (secondary N) is 1. The van der Waals surface area contributed by atoms with Crippen LogP contribution in [-0.4, -0.2) is 85.9 Å². The van der Waals surface area contributed by atoms with Crippen molar-refractivity contribution in [3.05, 3.63) is 77.4 Å². The van der Waals surface area contributed by atoms with Crippen molar-refractivity contribution < 1.29 is 38.1 Å². The predicted molar refractivity (Wildman–Crippen MR) is 186 cm³/mol. The van der Waals surface area contributed by atoms with E-state index in [1.807, 2.05) is 55.1 Å². The number of nitrogens with zero attached hydrogens (tertiary/aromatic N) is 2. The molecule has 0 aromatic heterocycles. The normalized spacial score (nSPS) is 14.1. The molecule has 2 amide bonds. The third-order valence-electron chi connectivity index (χ3n) is 7.78. The highest BCUT2D eigenvalue weighted by atomic mass is 32.1. The van der Waals surface area contributed by atoms with E-state index in [4.69, 9.17) is 35.9 Å². The summed E-state index contributed by atoms with van der Waals surface area (Å²) >= 11 is 5.87. The molecular formula is C36H43N3O8S. The van der Waals surface area contributed by atoms with E-state index in [1.165, 1.54) is 0 Å². The molecular weight excluding hydrogens is 634 g/mol. The van der Waals surface area contributed by atoms with Gasteiger partial charge in [0, 0.05) is 18.8 Å². The van der Waals surface area contributed by atoms with E-state index >= 15 is 0 Å². The minimum absolute atomic E-state index is 0.113. The maximum atomic E-state index is 13.9. The van der Waals surface area contributed by atoms with Gasteiger partial charge in [-0.3, -0.25) is 14.5 Å². The van der Waals surface area contributed by atoms with E-state index in [9.17, 15) is 14.4 Å². The quantitative estimate of drug-likeness (QED) is 0.149. The first-order valence-electron chi connectivity index (χ1n) is 16.0. The Bertz CT molecular complexity index is 1600. The van der Waals surface area contributed by atoms with Crippen molar-refractivity contribution in [2.24, 2.45) is 0 Å². The van der Waals surface area contributed by atoms with Crippen LogP contribution in [0.4, 0.5) is 5.69 Å². The average molecular weight is 678 g/mol. The first-order chi connectivity index (χ1) is 23.2. The van der Waals surface area contributed by atoms with E-state index in [2.05, 4.69) is 5.32 Å². The molecule has 0 bridgehead atoms. The van der Waals surface area contributed by atoms with Crippen LogP contribution in [0.25, 0.3) is 0 Å². The van der Waals surface area contributed by atoms with Crippen molar-refractivity contribution in [2.75, 3.05) is 52.4 Å². The number of amides is 2. The molecule has 1 aliphatic rings. The van der Waals surface area contributed by atoms with Crippen LogP contribution in [-0.2, 0) is 27.2 Å². The van der Waals surface area contributed by atoms with Crippen LogP contribution in [0.1, 0.15) is 48.7 Å². The van der Waals surface area contributed by atoms with Gasteiger partial charge in [-0.05, 0) is 105 Å². The Morgan fingerprint density at radius 2 is 1.38 bits per heavy atom. The van der Waals surface area contributed by atoms with Gasteiger partial charge in [-0.15, -0.1) is 0 Å². The van der Waals surface area contributed by atoms with Crippen LogP contribution in [0.5, 0.6) is 23.0 Å². The molecule has 1 atom stereocenters. The Balaban J connectivity index is 1.51. The van der Waals surface area contributed by atoms with Gasteiger partial charge in [0.1, 0.15) is 6.04 Å². The summed E-state index contributed by atoms with van der Waals surface area (Å²) in [5.41, 5.74) is 2.80. The second kappa shape index (κ2) is 17.4. The van der Waals surface area contributed by atoms with Gasteiger partial charge in [0.15, 0.2) is 28.1 Å². The summed E-state index contributed by atoms with van der Waals surface area (Å²) in [6.45, 7) is 7.57. The molecule has 0 saturated carbocycles. The van der Waals surface area contributed by atoms with Crippen LogP contribution >= 0.6 is 12.2 Å². The summed E-state index contributed by atoms with van der Waals surface area (Å²) in [6.07, 6.45) is 0.956. The number of thiocarbonyl (C=S) groups is 1. The summed E-state index contributed by atoms with van der Waals surface area (Å²) in [5, 5.41) is 3.21. The largest absolute Gasteiger partial charge is 0.493 e. The van der Waals surface area contributed by atoms with Crippen LogP contribution in [0.3, 0.4) is 0 Å². The lowest BCUT2D eigenvalue weighted by Gasteiger charge is -2.24. The Morgan fingerprint density at radius 3 is 2.00 bits per heavy atom. The second-order valence-corrected chi connectivity index (χ2v) is 11.2. The van der Waals surface area contributed by atoms with Gasteiger partial charge in [-0.2, -0.15) is 0 Å².